The van der Waals surface area contributed by atoms with Crippen LogP contribution >= 0.6 is 0 Å². The van der Waals surface area contributed by atoms with Crippen LogP contribution in [0.15, 0.2) is 47.8 Å². The van der Waals surface area contributed by atoms with Crippen LogP contribution in [0.5, 0.6) is 0 Å². The number of alkyl halides is 2. The molecule has 0 N–H and O–H groups in total. The number of pyridine rings is 1. The second kappa shape index (κ2) is 7.63. The fraction of sp³-hybridized carbons (Fsp3) is 0.656. The highest BCUT2D eigenvalue weighted by Gasteiger charge is 2.67. The topological polar surface area (TPSA) is 25.4 Å². The van der Waals surface area contributed by atoms with E-state index in [-0.39, 0.29) is 35.6 Å². The summed E-state index contributed by atoms with van der Waals surface area (Å²) in [5, 5.41) is 0. The van der Waals surface area contributed by atoms with Gasteiger partial charge in [0, 0.05) is 31.4 Å². The minimum absolute atomic E-state index is 0.00877. The Morgan fingerprint density at radius 3 is 2.92 bits per heavy atom. The number of aromatic nitrogens is 1. The van der Waals surface area contributed by atoms with Crippen molar-refractivity contribution in [3.05, 3.63) is 59.0 Å². The number of hydrogen-bond acceptors (Lipinski definition) is 3. The fourth-order valence-corrected chi connectivity index (χ4v) is 10.1. The number of halogens is 2. The molecule has 37 heavy (non-hydrogen) atoms. The van der Waals surface area contributed by atoms with Gasteiger partial charge in [-0.05, 0) is 109 Å². The van der Waals surface area contributed by atoms with E-state index in [0.29, 0.717) is 24.3 Å². The SMILES string of the molecule is C[C@]12CC=C3C=C4CC[C@@H](N5CCC(F)(F)C5)C[C@]45CC[C@]3(O5)[C@@H]1CCC2[C@H]1C=Cc2ccncc2C1. The molecule has 1 aromatic rings. The van der Waals surface area contributed by atoms with Gasteiger partial charge < -0.3 is 4.74 Å². The summed E-state index contributed by atoms with van der Waals surface area (Å²) >= 11 is 0. The van der Waals surface area contributed by atoms with Crippen molar-refractivity contribution in [2.45, 2.75) is 94.3 Å². The lowest BCUT2D eigenvalue weighted by atomic mass is 9.56. The van der Waals surface area contributed by atoms with Crippen molar-refractivity contribution in [2.24, 2.45) is 23.2 Å². The first-order valence-electron chi connectivity index (χ1n) is 14.7. The zero-order chi connectivity index (χ0) is 25.0. The molecule has 0 radical (unpaired) electrons. The third-order valence-corrected chi connectivity index (χ3v) is 11.9. The fourth-order valence-electron chi connectivity index (χ4n) is 10.1. The first-order valence-corrected chi connectivity index (χ1v) is 14.7. The number of hydrogen-bond donors (Lipinski definition) is 0. The van der Waals surface area contributed by atoms with Crippen molar-refractivity contribution >= 4 is 6.08 Å². The lowest BCUT2D eigenvalue weighted by molar-refractivity contribution is -0.144. The van der Waals surface area contributed by atoms with Gasteiger partial charge in [0.25, 0.3) is 5.92 Å². The number of nitrogens with zero attached hydrogens (tertiary/aromatic N) is 2. The van der Waals surface area contributed by atoms with E-state index in [1.807, 2.05) is 6.20 Å². The highest BCUT2D eigenvalue weighted by Crippen LogP contribution is 2.69. The molecule has 2 saturated carbocycles. The third-order valence-electron chi connectivity index (χ3n) is 11.9. The summed E-state index contributed by atoms with van der Waals surface area (Å²) in [5.41, 5.74) is 5.41. The molecule has 1 aromatic heterocycles. The van der Waals surface area contributed by atoms with E-state index in [1.54, 1.807) is 0 Å². The van der Waals surface area contributed by atoms with Gasteiger partial charge in [0.1, 0.15) is 0 Å². The molecule has 3 nitrogen and oxygen atoms in total. The maximum Gasteiger partial charge on any atom is 0.261 e. The van der Waals surface area contributed by atoms with Crippen LogP contribution in [0.1, 0.15) is 75.8 Å². The van der Waals surface area contributed by atoms with Crippen LogP contribution in [0.4, 0.5) is 8.78 Å². The lowest BCUT2D eigenvalue weighted by Crippen LogP contribution is -2.55. The first kappa shape index (κ1) is 23.1. The Labute approximate surface area is 219 Å². The van der Waals surface area contributed by atoms with Crippen molar-refractivity contribution in [3.63, 3.8) is 0 Å². The van der Waals surface area contributed by atoms with E-state index in [0.717, 1.165) is 44.9 Å². The largest absolute Gasteiger partial charge is 0.359 e. The summed E-state index contributed by atoms with van der Waals surface area (Å²) in [7, 11) is 0. The van der Waals surface area contributed by atoms with E-state index < -0.39 is 5.92 Å². The minimum Gasteiger partial charge on any atom is -0.359 e. The molecule has 3 aliphatic heterocycles. The van der Waals surface area contributed by atoms with Gasteiger partial charge in [0.15, 0.2) is 0 Å². The molecule has 4 fully saturated rings. The summed E-state index contributed by atoms with van der Waals surface area (Å²) in [4.78, 5) is 6.48. The van der Waals surface area contributed by atoms with Crippen LogP contribution < -0.4 is 0 Å². The average molecular weight is 505 g/mol. The number of likely N-dealkylation sites (tertiary alicyclic amines) is 1. The maximum absolute atomic E-state index is 14.0. The second-order valence-electron chi connectivity index (χ2n) is 13.5. The number of ether oxygens (including phenoxy) is 1. The summed E-state index contributed by atoms with van der Waals surface area (Å²) in [5.74, 6) is -0.797. The van der Waals surface area contributed by atoms with Crippen molar-refractivity contribution in [1.29, 1.82) is 0 Å². The lowest BCUT2D eigenvalue weighted by Gasteiger charge is -2.55. The van der Waals surface area contributed by atoms with E-state index >= 15 is 0 Å². The molecule has 2 saturated heterocycles. The molecule has 2 bridgehead atoms. The van der Waals surface area contributed by atoms with Gasteiger partial charge >= 0.3 is 0 Å². The summed E-state index contributed by atoms with van der Waals surface area (Å²) in [6.45, 7) is 3.01. The van der Waals surface area contributed by atoms with Crippen molar-refractivity contribution < 1.29 is 13.5 Å². The van der Waals surface area contributed by atoms with Gasteiger partial charge in [-0.25, -0.2) is 8.78 Å². The normalized spacial score (nSPS) is 45.5. The molecule has 0 amide bonds. The van der Waals surface area contributed by atoms with Gasteiger partial charge in [0.05, 0.1) is 17.7 Å². The number of allylic oxidation sites excluding steroid dienone is 2. The van der Waals surface area contributed by atoms with Crippen LogP contribution in [-0.4, -0.2) is 46.1 Å². The van der Waals surface area contributed by atoms with Crippen molar-refractivity contribution in [1.82, 2.24) is 9.88 Å². The van der Waals surface area contributed by atoms with Gasteiger partial charge in [0.2, 0.25) is 0 Å². The maximum atomic E-state index is 14.0. The van der Waals surface area contributed by atoms with Crippen molar-refractivity contribution in [3.8, 4) is 0 Å². The Bertz CT molecular complexity index is 1240. The molecule has 4 heterocycles. The van der Waals surface area contributed by atoms with Crippen LogP contribution in [0.3, 0.4) is 0 Å². The summed E-state index contributed by atoms with van der Waals surface area (Å²) in [6.07, 6.45) is 23.5. The molecule has 2 spiro atoms. The summed E-state index contributed by atoms with van der Waals surface area (Å²) in [6, 6.07) is 2.35. The van der Waals surface area contributed by atoms with Crippen LogP contribution in [0.2, 0.25) is 0 Å². The molecule has 7 atom stereocenters. The molecule has 5 heteroatoms. The molecule has 7 aliphatic rings. The van der Waals surface area contributed by atoms with E-state index in [9.17, 15) is 8.78 Å². The Kier molecular flexibility index (Phi) is 4.76. The summed E-state index contributed by atoms with van der Waals surface area (Å²) < 4.78 is 35.5. The standard InChI is InChI=1S/C32H38F2N2O/c1-29-10-8-25-17-24-4-5-26(36-15-13-31(33,34)20-36)18-30(24)11-12-32(25,37-30)28(29)7-6-27(29)22-3-2-21-9-14-35-19-23(21)16-22/h2-3,8-9,14,17,19,22,26-28H,4-7,10-13,15-16,18,20H2,1H3/t22-,26+,27?,28+,29+,30+,32+/m0/s1. The predicted octanol–water partition coefficient (Wildman–Crippen LogP) is 6.75. The van der Waals surface area contributed by atoms with E-state index in [4.69, 9.17) is 4.74 Å². The molecule has 4 aliphatic carbocycles. The molecule has 8 rings (SSSR count). The third kappa shape index (κ3) is 3.19. The molecular weight excluding hydrogens is 466 g/mol. The molecule has 0 aromatic carbocycles. The quantitative estimate of drug-likeness (QED) is 0.445. The first-order chi connectivity index (χ1) is 17.8. The predicted molar refractivity (Wildman–Crippen MR) is 140 cm³/mol. The second-order valence-corrected chi connectivity index (χ2v) is 13.5. The van der Waals surface area contributed by atoms with Crippen LogP contribution in [-0.2, 0) is 11.2 Å². The minimum atomic E-state index is -2.53. The Morgan fingerprint density at radius 2 is 2.05 bits per heavy atom. The average Bonchev–Trinajstić information content (AvgIpc) is 3.54. The van der Waals surface area contributed by atoms with Crippen LogP contribution in [0.25, 0.3) is 6.08 Å². The van der Waals surface area contributed by atoms with Gasteiger partial charge in [-0.15, -0.1) is 0 Å². The molecule has 196 valence electrons. The van der Waals surface area contributed by atoms with E-state index in [1.165, 1.54) is 35.1 Å². The Hall–Kier alpha value is -1.85. The zero-order valence-corrected chi connectivity index (χ0v) is 21.9. The smallest absolute Gasteiger partial charge is 0.261 e. The van der Waals surface area contributed by atoms with E-state index in [2.05, 4.69) is 53.4 Å². The number of rotatable bonds is 2. The van der Waals surface area contributed by atoms with Crippen molar-refractivity contribution in [2.75, 3.05) is 13.1 Å². The zero-order valence-electron chi connectivity index (χ0n) is 21.9. The number of fused-ring (bicyclic) bond motifs is 2. The molecule has 1 unspecified atom stereocenters. The monoisotopic (exact) mass is 504 g/mol. The highest BCUT2D eigenvalue weighted by atomic mass is 19.3. The van der Waals surface area contributed by atoms with Gasteiger partial charge in [-0.1, -0.05) is 31.2 Å². The Morgan fingerprint density at radius 1 is 1.14 bits per heavy atom. The molecular formula is C32H38F2N2O. The van der Waals surface area contributed by atoms with Gasteiger partial charge in [-0.3, -0.25) is 9.88 Å². The van der Waals surface area contributed by atoms with Crippen LogP contribution in [0, 0.1) is 23.2 Å². The Balaban J connectivity index is 1.09. The highest BCUT2D eigenvalue weighted by molar-refractivity contribution is 5.56. The van der Waals surface area contributed by atoms with Gasteiger partial charge in [-0.2, -0.15) is 0 Å².